The van der Waals surface area contributed by atoms with Gasteiger partial charge in [0.1, 0.15) is 11.5 Å². The van der Waals surface area contributed by atoms with Crippen molar-refractivity contribution in [3.63, 3.8) is 0 Å². The number of amides is 1. The van der Waals surface area contributed by atoms with Crippen LogP contribution in [0.25, 0.3) is 5.76 Å². The number of aliphatic hydroxyl groups excluding tert-OH is 1. The maximum Gasteiger partial charge on any atom is 0.295 e. The number of nitrogens with zero attached hydrogens (tertiary/aromatic N) is 2. The van der Waals surface area contributed by atoms with Gasteiger partial charge in [-0.3, -0.25) is 9.59 Å². The second kappa shape index (κ2) is 11.9. The van der Waals surface area contributed by atoms with E-state index in [2.05, 4.69) is 18.7 Å². The summed E-state index contributed by atoms with van der Waals surface area (Å²) in [7, 11) is 3.11. The number of benzene rings is 2. The first-order valence-electron chi connectivity index (χ1n) is 12.3. The standard InChI is InChI=1S/C28H36N2O6/c1-7-29(8-2)14-15-30-25(19-10-13-22(36-9-3)23(17-19)35-6)24(27(32)28(30)33)26(31)20-11-12-21(34-5)18(4)16-20/h10-13,16-17,25,31H,7-9,14-15H2,1-6H3/b26-24+/t25-/m0/s1. The number of methoxy groups -OCH3 is 2. The number of Topliss-reactive ketones (excluding diaryl/α,β-unsaturated/α-hetero) is 1. The zero-order valence-electron chi connectivity index (χ0n) is 22.0. The third-order valence-electron chi connectivity index (χ3n) is 6.56. The first-order valence-corrected chi connectivity index (χ1v) is 12.3. The molecule has 8 heteroatoms. The Morgan fingerprint density at radius 3 is 2.22 bits per heavy atom. The predicted molar refractivity (Wildman–Crippen MR) is 139 cm³/mol. The Kier molecular flexibility index (Phi) is 8.98. The molecule has 2 aromatic rings. The molecular formula is C28H36N2O6. The summed E-state index contributed by atoms with van der Waals surface area (Å²) in [6.07, 6.45) is 0. The summed E-state index contributed by atoms with van der Waals surface area (Å²) in [6, 6.07) is 9.72. The summed E-state index contributed by atoms with van der Waals surface area (Å²) in [5.74, 6) is 0.157. The van der Waals surface area contributed by atoms with Crippen molar-refractivity contribution in [2.75, 3.05) is 47.0 Å². The number of carbonyl (C=O) groups is 2. The van der Waals surface area contributed by atoms with Crippen molar-refractivity contribution in [3.8, 4) is 17.2 Å². The molecule has 1 aliphatic rings. The van der Waals surface area contributed by atoms with Crippen LogP contribution in [0.4, 0.5) is 0 Å². The van der Waals surface area contributed by atoms with Gasteiger partial charge in [-0.05, 0) is 68.4 Å². The molecule has 3 rings (SSSR count). The number of aryl methyl sites for hydroxylation is 1. The summed E-state index contributed by atoms with van der Waals surface area (Å²) in [5.41, 5.74) is 1.95. The largest absolute Gasteiger partial charge is 0.507 e. The van der Waals surface area contributed by atoms with E-state index in [1.807, 2.05) is 13.8 Å². The van der Waals surface area contributed by atoms with Gasteiger partial charge in [-0.1, -0.05) is 19.9 Å². The molecule has 1 heterocycles. The van der Waals surface area contributed by atoms with Crippen molar-refractivity contribution in [2.45, 2.75) is 33.7 Å². The number of carbonyl (C=O) groups excluding carboxylic acids is 2. The lowest BCUT2D eigenvalue weighted by molar-refractivity contribution is -0.140. The molecule has 1 N–H and O–H groups in total. The molecule has 1 atom stereocenters. The Labute approximate surface area is 213 Å². The topological polar surface area (TPSA) is 88.5 Å². The summed E-state index contributed by atoms with van der Waals surface area (Å²) in [4.78, 5) is 30.3. The minimum absolute atomic E-state index is 0.0512. The molecule has 2 aromatic carbocycles. The third-order valence-corrected chi connectivity index (χ3v) is 6.56. The van der Waals surface area contributed by atoms with Gasteiger partial charge < -0.3 is 29.1 Å². The highest BCUT2D eigenvalue weighted by Crippen LogP contribution is 2.42. The summed E-state index contributed by atoms with van der Waals surface area (Å²) in [6.45, 7) is 10.9. The van der Waals surface area contributed by atoms with Crippen molar-refractivity contribution in [3.05, 3.63) is 58.7 Å². The van der Waals surface area contributed by atoms with Crippen LogP contribution in [0.1, 0.15) is 43.5 Å². The number of likely N-dealkylation sites (N-methyl/N-ethyl adjacent to an activating group) is 1. The number of rotatable bonds is 11. The predicted octanol–water partition coefficient (Wildman–Crippen LogP) is 4.17. The minimum Gasteiger partial charge on any atom is -0.507 e. The van der Waals surface area contributed by atoms with Crippen LogP contribution < -0.4 is 14.2 Å². The van der Waals surface area contributed by atoms with Crippen molar-refractivity contribution < 1.29 is 28.9 Å². The van der Waals surface area contributed by atoms with E-state index in [1.54, 1.807) is 50.6 Å². The minimum atomic E-state index is -0.771. The Morgan fingerprint density at radius 1 is 0.972 bits per heavy atom. The Balaban J connectivity index is 2.16. The Bertz CT molecular complexity index is 1140. The average molecular weight is 497 g/mol. The zero-order chi connectivity index (χ0) is 26.4. The number of ketones is 1. The first kappa shape index (κ1) is 27.1. The number of hydrogen-bond acceptors (Lipinski definition) is 7. The van der Waals surface area contributed by atoms with Crippen LogP contribution in [0, 0.1) is 6.92 Å². The van der Waals surface area contributed by atoms with Gasteiger partial charge in [0.15, 0.2) is 11.5 Å². The van der Waals surface area contributed by atoms with Crippen molar-refractivity contribution >= 4 is 17.4 Å². The lowest BCUT2D eigenvalue weighted by atomic mass is 9.94. The van der Waals surface area contributed by atoms with E-state index < -0.39 is 17.7 Å². The highest BCUT2D eigenvalue weighted by atomic mass is 16.5. The van der Waals surface area contributed by atoms with Crippen LogP contribution in [0.5, 0.6) is 17.2 Å². The molecule has 0 bridgehead atoms. The quantitative estimate of drug-likeness (QED) is 0.284. The number of likely N-dealkylation sites (tertiary alicyclic amines) is 1. The van der Waals surface area contributed by atoms with Gasteiger partial charge in [0.2, 0.25) is 0 Å². The third kappa shape index (κ3) is 5.33. The number of ether oxygens (including phenoxy) is 3. The second-order valence-electron chi connectivity index (χ2n) is 8.55. The van der Waals surface area contributed by atoms with Crippen molar-refractivity contribution in [1.82, 2.24) is 9.80 Å². The molecule has 36 heavy (non-hydrogen) atoms. The monoisotopic (exact) mass is 496 g/mol. The summed E-state index contributed by atoms with van der Waals surface area (Å²) >= 11 is 0. The molecule has 1 amide bonds. The van der Waals surface area contributed by atoms with E-state index in [9.17, 15) is 14.7 Å². The molecule has 0 saturated carbocycles. The molecule has 8 nitrogen and oxygen atoms in total. The summed E-state index contributed by atoms with van der Waals surface area (Å²) < 4.78 is 16.5. The highest BCUT2D eigenvalue weighted by Gasteiger charge is 2.46. The van der Waals surface area contributed by atoms with Crippen molar-refractivity contribution in [2.24, 2.45) is 0 Å². The van der Waals surface area contributed by atoms with Gasteiger partial charge >= 0.3 is 0 Å². The molecule has 0 aliphatic carbocycles. The SMILES string of the molecule is CCOc1ccc([C@H]2/C(=C(\O)c3ccc(OC)c(C)c3)C(=O)C(=O)N2CCN(CC)CC)cc1OC. The van der Waals surface area contributed by atoms with E-state index >= 15 is 0 Å². The fourth-order valence-electron chi connectivity index (χ4n) is 4.56. The molecule has 1 saturated heterocycles. The maximum absolute atomic E-state index is 13.3. The van der Waals surface area contributed by atoms with E-state index in [0.29, 0.717) is 48.1 Å². The molecule has 1 fully saturated rings. The Morgan fingerprint density at radius 2 is 1.64 bits per heavy atom. The molecule has 1 aliphatic heterocycles. The summed E-state index contributed by atoms with van der Waals surface area (Å²) in [5, 5.41) is 11.4. The van der Waals surface area contributed by atoms with Crippen LogP contribution in [0.3, 0.4) is 0 Å². The number of hydrogen-bond donors (Lipinski definition) is 1. The van der Waals surface area contributed by atoms with Gasteiger partial charge in [0, 0.05) is 18.7 Å². The molecule has 0 aromatic heterocycles. The fourth-order valence-corrected chi connectivity index (χ4v) is 4.56. The fraction of sp³-hybridized carbons (Fsp3) is 0.429. The van der Waals surface area contributed by atoms with Crippen molar-refractivity contribution in [1.29, 1.82) is 0 Å². The van der Waals surface area contributed by atoms with Gasteiger partial charge in [-0.15, -0.1) is 0 Å². The first-order chi connectivity index (χ1) is 17.3. The smallest absolute Gasteiger partial charge is 0.295 e. The number of aliphatic hydroxyl groups is 1. The zero-order valence-corrected chi connectivity index (χ0v) is 22.0. The lowest BCUT2D eigenvalue weighted by Gasteiger charge is -2.28. The van der Waals surface area contributed by atoms with Crippen LogP contribution in [-0.4, -0.2) is 73.6 Å². The highest BCUT2D eigenvalue weighted by molar-refractivity contribution is 6.46. The van der Waals surface area contributed by atoms with Crippen LogP contribution >= 0.6 is 0 Å². The van der Waals surface area contributed by atoms with E-state index in [0.717, 1.165) is 18.7 Å². The molecule has 0 radical (unpaired) electrons. The lowest BCUT2D eigenvalue weighted by Crippen LogP contribution is -2.38. The second-order valence-corrected chi connectivity index (χ2v) is 8.55. The van der Waals surface area contributed by atoms with Gasteiger partial charge in [-0.2, -0.15) is 0 Å². The maximum atomic E-state index is 13.3. The Hall–Kier alpha value is -3.52. The van der Waals surface area contributed by atoms with Crippen LogP contribution in [0.2, 0.25) is 0 Å². The van der Waals surface area contributed by atoms with Gasteiger partial charge in [0.05, 0.1) is 32.4 Å². The normalized spacial score (nSPS) is 17.1. The van der Waals surface area contributed by atoms with E-state index in [-0.39, 0.29) is 11.3 Å². The molecule has 0 spiro atoms. The van der Waals surface area contributed by atoms with E-state index in [4.69, 9.17) is 14.2 Å². The molecular weight excluding hydrogens is 460 g/mol. The average Bonchev–Trinajstić information content (AvgIpc) is 3.14. The van der Waals surface area contributed by atoms with Crippen LogP contribution in [-0.2, 0) is 9.59 Å². The van der Waals surface area contributed by atoms with Crippen LogP contribution in [0.15, 0.2) is 42.0 Å². The van der Waals surface area contributed by atoms with E-state index in [1.165, 1.54) is 4.90 Å². The molecule has 194 valence electrons. The van der Waals surface area contributed by atoms with Gasteiger partial charge in [-0.25, -0.2) is 0 Å². The molecule has 0 unspecified atom stereocenters. The van der Waals surface area contributed by atoms with Gasteiger partial charge in [0.25, 0.3) is 11.7 Å².